The average Bonchev–Trinajstić information content (AvgIpc) is 3.60. The molecule has 1 amide bonds. The number of aromatic nitrogens is 4. The zero-order chi connectivity index (χ0) is 30.3. The first-order chi connectivity index (χ1) is 20.3. The van der Waals surface area contributed by atoms with Gasteiger partial charge in [0.2, 0.25) is 11.7 Å². The van der Waals surface area contributed by atoms with Crippen molar-refractivity contribution in [2.24, 2.45) is 5.41 Å². The van der Waals surface area contributed by atoms with E-state index in [0.717, 1.165) is 10.6 Å². The summed E-state index contributed by atoms with van der Waals surface area (Å²) < 4.78 is 74.2. The van der Waals surface area contributed by atoms with Crippen LogP contribution in [0, 0.1) is 12.3 Å². The van der Waals surface area contributed by atoms with Crippen LogP contribution in [0.1, 0.15) is 52.7 Å². The summed E-state index contributed by atoms with van der Waals surface area (Å²) in [5.74, 6) is -0.188. The molecule has 16 heteroatoms. The van der Waals surface area contributed by atoms with E-state index in [0.29, 0.717) is 34.7 Å². The highest BCUT2D eigenvalue weighted by atomic mass is 32.1. The molecule has 0 atom stereocenters. The highest BCUT2D eigenvalue weighted by molar-refractivity contribution is 7.16. The molecule has 0 bridgehead atoms. The molecule has 2 aliphatic carbocycles. The van der Waals surface area contributed by atoms with Gasteiger partial charge in [-0.05, 0) is 50.8 Å². The number of thiophene rings is 1. The standard InChI is InChI=1S/C27H25F5N6O4S/c1-13-18(7-20(43-13)21-35-23(42-36-21)14-4-16(5-14)41-27(30,31)32)34-22(39)17-8-33-38-3-2-15(6-19(17)38)37-11-25(12-37)9-26(40,10-25)24(28)29/h2-3,6-8,14,16,24,40H,4-5,9-12H2,1H3,(H,34,39). The molecule has 7 rings (SSSR count). The lowest BCUT2D eigenvalue weighted by Gasteiger charge is -2.62. The van der Waals surface area contributed by atoms with Crippen LogP contribution in [-0.4, -0.2) is 68.4 Å². The maximum atomic E-state index is 13.3. The minimum Gasteiger partial charge on any atom is -0.384 e. The third kappa shape index (κ3) is 5.04. The number of alkyl halides is 5. The molecule has 1 aliphatic heterocycles. The molecule has 3 aliphatic rings. The van der Waals surface area contributed by atoms with Crippen molar-refractivity contribution < 1.29 is 41.1 Å². The summed E-state index contributed by atoms with van der Waals surface area (Å²) in [6.07, 6.45) is -4.77. The van der Waals surface area contributed by atoms with Crippen LogP contribution < -0.4 is 10.2 Å². The summed E-state index contributed by atoms with van der Waals surface area (Å²) in [6, 6.07) is 5.37. The molecule has 2 N–H and O–H groups in total. The fraction of sp³-hybridized carbons (Fsp3) is 0.481. The van der Waals surface area contributed by atoms with Crippen LogP contribution in [0.4, 0.5) is 33.3 Å². The lowest BCUT2D eigenvalue weighted by Crippen LogP contribution is -2.70. The zero-order valence-corrected chi connectivity index (χ0v) is 23.4. The number of fused-ring (bicyclic) bond motifs is 1. The molecule has 1 saturated heterocycles. The van der Waals surface area contributed by atoms with Crippen LogP contribution >= 0.6 is 11.3 Å². The van der Waals surface area contributed by atoms with Gasteiger partial charge in [-0.3, -0.25) is 9.53 Å². The quantitative estimate of drug-likeness (QED) is 0.263. The van der Waals surface area contributed by atoms with Gasteiger partial charge in [0.25, 0.3) is 12.3 Å². The molecule has 0 aromatic carbocycles. The lowest BCUT2D eigenvalue weighted by molar-refractivity contribution is -0.352. The minimum atomic E-state index is -4.68. The fourth-order valence-electron chi connectivity index (χ4n) is 6.37. The van der Waals surface area contributed by atoms with Crippen molar-refractivity contribution >= 4 is 34.1 Å². The van der Waals surface area contributed by atoms with Crippen molar-refractivity contribution in [3.63, 3.8) is 0 Å². The van der Waals surface area contributed by atoms with Gasteiger partial charge >= 0.3 is 6.36 Å². The van der Waals surface area contributed by atoms with Crippen LogP contribution in [0.3, 0.4) is 0 Å². The number of aliphatic hydroxyl groups is 1. The van der Waals surface area contributed by atoms with Crippen molar-refractivity contribution in [1.29, 1.82) is 0 Å². The summed E-state index contributed by atoms with van der Waals surface area (Å²) >= 11 is 1.33. The maximum absolute atomic E-state index is 13.3. The fourth-order valence-corrected chi connectivity index (χ4v) is 7.27. The van der Waals surface area contributed by atoms with Crippen molar-refractivity contribution in [2.75, 3.05) is 23.3 Å². The molecule has 43 heavy (non-hydrogen) atoms. The number of amides is 1. The van der Waals surface area contributed by atoms with Crippen LogP contribution in [0.2, 0.25) is 0 Å². The Morgan fingerprint density at radius 3 is 2.70 bits per heavy atom. The number of hydrogen-bond donors (Lipinski definition) is 2. The predicted octanol–water partition coefficient (Wildman–Crippen LogP) is 5.39. The molecule has 1 spiro atoms. The van der Waals surface area contributed by atoms with Gasteiger partial charge in [-0.2, -0.15) is 10.1 Å². The summed E-state index contributed by atoms with van der Waals surface area (Å²) in [6.45, 7) is 2.91. The first kappa shape index (κ1) is 28.2. The summed E-state index contributed by atoms with van der Waals surface area (Å²) in [4.78, 5) is 21.1. The maximum Gasteiger partial charge on any atom is 0.522 e. The molecule has 2 saturated carbocycles. The molecular weight excluding hydrogens is 599 g/mol. The second-order valence-electron chi connectivity index (χ2n) is 11.7. The smallest absolute Gasteiger partial charge is 0.384 e. The van der Waals surface area contributed by atoms with Crippen LogP contribution in [0.15, 0.2) is 35.1 Å². The number of nitrogens with zero attached hydrogens (tertiary/aromatic N) is 5. The van der Waals surface area contributed by atoms with Crippen molar-refractivity contribution in [1.82, 2.24) is 19.8 Å². The van der Waals surface area contributed by atoms with Gasteiger partial charge in [-0.25, -0.2) is 13.3 Å². The van der Waals surface area contributed by atoms with E-state index in [4.69, 9.17) is 4.52 Å². The highest BCUT2D eigenvalue weighted by Gasteiger charge is 2.63. The first-order valence-electron chi connectivity index (χ1n) is 13.5. The number of aryl methyl sites for hydroxylation is 1. The van der Waals surface area contributed by atoms with E-state index in [1.165, 1.54) is 17.5 Å². The average molecular weight is 625 g/mol. The van der Waals surface area contributed by atoms with Gasteiger partial charge in [0.1, 0.15) is 5.60 Å². The molecule has 4 aromatic heterocycles. The number of halogens is 5. The Morgan fingerprint density at radius 1 is 1.26 bits per heavy atom. The van der Waals surface area contributed by atoms with E-state index < -0.39 is 24.5 Å². The van der Waals surface area contributed by atoms with E-state index in [1.54, 1.807) is 16.8 Å². The summed E-state index contributed by atoms with van der Waals surface area (Å²) in [5.41, 5.74) is 0.0569. The van der Waals surface area contributed by atoms with E-state index in [9.17, 15) is 31.9 Å². The Kier molecular flexibility index (Phi) is 6.34. The SMILES string of the molecule is Cc1sc(-c2noc(C3CC(OC(F)(F)F)C3)n2)cc1NC(=O)c1cnn2ccc(N3CC4(C3)CC(O)(C(F)F)C4)cc12. The van der Waals surface area contributed by atoms with E-state index >= 15 is 0 Å². The highest BCUT2D eigenvalue weighted by Crippen LogP contribution is 2.57. The number of carbonyl (C=O) groups excluding carboxylic acids is 1. The van der Waals surface area contributed by atoms with Crippen LogP contribution in [0.25, 0.3) is 16.2 Å². The molecular formula is C27H25F5N6O4S. The third-order valence-electron chi connectivity index (χ3n) is 8.51. The Hall–Kier alpha value is -3.63. The molecule has 0 unspecified atom stereocenters. The second kappa shape index (κ2) is 9.69. The van der Waals surface area contributed by atoms with Gasteiger partial charge in [-0.15, -0.1) is 24.5 Å². The molecule has 5 heterocycles. The third-order valence-corrected chi connectivity index (χ3v) is 9.55. The Bertz CT molecular complexity index is 1700. The number of ether oxygens (including phenoxy) is 1. The van der Waals surface area contributed by atoms with Crippen molar-refractivity contribution in [2.45, 2.75) is 63.0 Å². The van der Waals surface area contributed by atoms with Gasteiger partial charge in [0, 0.05) is 41.2 Å². The number of nitrogens with one attached hydrogen (secondary N) is 1. The molecule has 4 aromatic rings. The van der Waals surface area contributed by atoms with E-state index in [-0.39, 0.29) is 54.6 Å². The first-order valence-corrected chi connectivity index (χ1v) is 14.3. The van der Waals surface area contributed by atoms with E-state index in [2.05, 4.69) is 25.3 Å². The summed E-state index contributed by atoms with van der Waals surface area (Å²) in [7, 11) is 0. The number of anilines is 2. The zero-order valence-electron chi connectivity index (χ0n) is 22.6. The largest absolute Gasteiger partial charge is 0.522 e. The van der Waals surface area contributed by atoms with Crippen molar-refractivity contribution in [3.8, 4) is 10.7 Å². The molecule has 228 valence electrons. The molecule has 3 fully saturated rings. The Balaban J connectivity index is 1.01. The Labute approximate surface area is 244 Å². The predicted molar refractivity (Wildman–Crippen MR) is 143 cm³/mol. The monoisotopic (exact) mass is 624 g/mol. The Morgan fingerprint density at radius 2 is 2.00 bits per heavy atom. The van der Waals surface area contributed by atoms with Gasteiger partial charge in [0.05, 0.1) is 33.9 Å². The topological polar surface area (TPSA) is 118 Å². The number of pyridine rings is 1. The molecule has 10 nitrogen and oxygen atoms in total. The lowest BCUT2D eigenvalue weighted by atomic mass is 9.55. The normalized spacial score (nSPS) is 22.5. The van der Waals surface area contributed by atoms with Crippen LogP contribution in [0.5, 0.6) is 0 Å². The number of hydrogen-bond acceptors (Lipinski definition) is 9. The number of carbonyl (C=O) groups is 1. The summed E-state index contributed by atoms with van der Waals surface area (Å²) in [5, 5.41) is 21.1. The second-order valence-corrected chi connectivity index (χ2v) is 13.0. The minimum absolute atomic E-state index is 0.0713. The van der Waals surface area contributed by atoms with Crippen LogP contribution in [-0.2, 0) is 4.74 Å². The number of rotatable bonds is 7. The van der Waals surface area contributed by atoms with Gasteiger partial charge < -0.3 is 19.8 Å². The van der Waals surface area contributed by atoms with Crippen molar-refractivity contribution in [3.05, 3.63) is 46.9 Å². The van der Waals surface area contributed by atoms with Gasteiger partial charge in [0.15, 0.2) is 0 Å². The molecule has 0 radical (unpaired) electrons. The van der Waals surface area contributed by atoms with E-state index in [1.807, 2.05) is 24.0 Å². The van der Waals surface area contributed by atoms with Gasteiger partial charge in [-0.1, -0.05) is 5.16 Å².